The average molecular weight is 482 g/mol. The van der Waals surface area contributed by atoms with Crippen LogP contribution in [0.5, 0.6) is 0 Å². The molecule has 0 spiro atoms. The summed E-state index contributed by atoms with van der Waals surface area (Å²) in [5.41, 5.74) is 0.833. The van der Waals surface area contributed by atoms with Gasteiger partial charge < -0.3 is 15.4 Å². The molecule has 32 heavy (non-hydrogen) atoms. The van der Waals surface area contributed by atoms with Gasteiger partial charge in [0.05, 0.1) is 4.90 Å². The maximum atomic E-state index is 12.6. The molecule has 0 unspecified atom stereocenters. The van der Waals surface area contributed by atoms with E-state index in [2.05, 4.69) is 15.4 Å². The molecule has 0 radical (unpaired) electrons. The number of carbonyl (C=O) groups is 2. The van der Waals surface area contributed by atoms with Gasteiger partial charge in [-0.3, -0.25) is 4.79 Å². The van der Waals surface area contributed by atoms with E-state index < -0.39 is 28.1 Å². The Kier molecular flexibility index (Phi) is 9.96. The Labute approximate surface area is 193 Å². The molecule has 0 aliphatic heterocycles. The van der Waals surface area contributed by atoms with E-state index in [4.69, 9.17) is 16.3 Å². The third kappa shape index (κ3) is 8.14. The summed E-state index contributed by atoms with van der Waals surface area (Å²) < 4.78 is 32.2. The highest BCUT2D eigenvalue weighted by molar-refractivity contribution is 7.89. The number of hydrogen-bond donors (Lipinski definition) is 3. The molecule has 2 amide bonds. The minimum absolute atomic E-state index is 0.0216. The first-order chi connectivity index (χ1) is 15.2. The lowest BCUT2D eigenvalue weighted by molar-refractivity contribution is -0.124. The maximum Gasteiger partial charge on any atom is 0.408 e. The third-order valence-electron chi connectivity index (χ3n) is 4.80. The highest BCUT2D eigenvalue weighted by Gasteiger charge is 2.26. The van der Waals surface area contributed by atoms with Crippen molar-refractivity contribution in [2.24, 2.45) is 5.92 Å². The molecule has 8 nitrogen and oxygen atoms in total. The number of carbonyl (C=O) groups excluding carboxylic acids is 2. The fourth-order valence-corrected chi connectivity index (χ4v) is 4.12. The van der Waals surface area contributed by atoms with Crippen LogP contribution in [0.1, 0.15) is 25.8 Å². The summed E-state index contributed by atoms with van der Waals surface area (Å²) in [5, 5.41) is 5.56. The lowest BCUT2D eigenvalue weighted by Gasteiger charge is -2.23. The minimum atomic E-state index is -3.75. The summed E-state index contributed by atoms with van der Waals surface area (Å²) in [6, 6.07) is 14.3. The van der Waals surface area contributed by atoms with Gasteiger partial charge in [-0.2, -0.15) is 0 Å². The fourth-order valence-electron chi connectivity index (χ4n) is 2.79. The van der Waals surface area contributed by atoms with Crippen LogP contribution in [-0.2, 0) is 26.2 Å². The molecule has 2 aromatic rings. The molecule has 0 fully saturated rings. The molecule has 3 N–H and O–H groups in total. The topological polar surface area (TPSA) is 114 Å². The Balaban J connectivity index is 1.84. The second-order valence-corrected chi connectivity index (χ2v) is 9.42. The van der Waals surface area contributed by atoms with Gasteiger partial charge in [0.25, 0.3) is 0 Å². The lowest BCUT2D eigenvalue weighted by atomic mass is 9.98. The summed E-state index contributed by atoms with van der Waals surface area (Å²) in [6.45, 7) is 3.86. The SMILES string of the molecule is CC[C@H](C)[C@H](NC(=O)OCc1ccccc1)C(=O)NCCNS(=O)(=O)c1cccc(Cl)c1. The zero-order valence-corrected chi connectivity index (χ0v) is 19.6. The van der Waals surface area contributed by atoms with Gasteiger partial charge in [-0.25, -0.2) is 17.9 Å². The van der Waals surface area contributed by atoms with Crippen LogP contribution in [0.25, 0.3) is 0 Å². The molecule has 0 aliphatic carbocycles. The van der Waals surface area contributed by atoms with Crippen molar-refractivity contribution in [1.82, 2.24) is 15.4 Å². The van der Waals surface area contributed by atoms with Crippen LogP contribution < -0.4 is 15.4 Å². The van der Waals surface area contributed by atoms with Crippen LogP contribution in [0.2, 0.25) is 5.02 Å². The number of ether oxygens (including phenoxy) is 1. The van der Waals surface area contributed by atoms with Crippen molar-refractivity contribution in [1.29, 1.82) is 0 Å². The molecule has 10 heteroatoms. The van der Waals surface area contributed by atoms with Gasteiger partial charge in [0.1, 0.15) is 12.6 Å². The number of sulfonamides is 1. The molecule has 2 aromatic carbocycles. The Morgan fingerprint density at radius 2 is 1.78 bits per heavy atom. The molecule has 0 aliphatic rings. The van der Waals surface area contributed by atoms with Gasteiger partial charge >= 0.3 is 6.09 Å². The van der Waals surface area contributed by atoms with Crippen molar-refractivity contribution in [2.45, 2.75) is 37.8 Å². The molecular weight excluding hydrogens is 454 g/mol. The smallest absolute Gasteiger partial charge is 0.408 e. The molecule has 2 rings (SSSR count). The van der Waals surface area contributed by atoms with Gasteiger partial charge in [0.15, 0.2) is 0 Å². The van der Waals surface area contributed by atoms with Crippen LogP contribution in [0, 0.1) is 5.92 Å². The van der Waals surface area contributed by atoms with Crippen LogP contribution >= 0.6 is 11.6 Å². The van der Waals surface area contributed by atoms with Crippen LogP contribution in [0.3, 0.4) is 0 Å². The number of benzene rings is 2. The highest BCUT2D eigenvalue weighted by atomic mass is 35.5. The van der Waals surface area contributed by atoms with E-state index in [0.29, 0.717) is 11.4 Å². The van der Waals surface area contributed by atoms with E-state index in [0.717, 1.165) is 5.56 Å². The summed E-state index contributed by atoms with van der Waals surface area (Å²) in [5.74, 6) is -0.569. The number of amides is 2. The summed E-state index contributed by atoms with van der Waals surface area (Å²) >= 11 is 5.84. The number of alkyl carbamates (subject to hydrolysis) is 1. The number of rotatable bonds is 11. The van der Waals surface area contributed by atoms with Gasteiger partial charge in [-0.1, -0.05) is 68.3 Å². The Hall–Kier alpha value is -2.62. The molecule has 0 saturated carbocycles. The number of halogens is 1. The van der Waals surface area contributed by atoms with Crippen molar-refractivity contribution in [3.63, 3.8) is 0 Å². The monoisotopic (exact) mass is 481 g/mol. The first-order valence-corrected chi connectivity index (χ1v) is 12.1. The second-order valence-electron chi connectivity index (χ2n) is 7.22. The molecule has 0 saturated heterocycles. The van der Waals surface area contributed by atoms with Gasteiger partial charge in [0.2, 0.25) is 15.9 Å². The summed E-state index contributed by atoms with van der Waals surface area (Å²) in [7, 11) is -3.75. The Bertz CT molecular complexity index is 1000. The minimum Gasteiger partial charge on any atom is -0.445 e. The van der Waals surface area contributed by atoms with E-state index in [1.54, 1.807) is 6.07 Å². The maximum absolute atomic E-state index is 12.6. The van der Waals surface area contributed by atoms with E-state index in [1.807, 2.05) is 44.2 Å². The van der Waals surface area contributed by atoms with Crippen molar-refractivity contribution >= 4 is 33.6 Å². The lowest BCUT2D eigenvalue weighted by Crippen LogP contribution is -2.51. The Morgan fingerprint density at radius 3 is 2.44 bits per heavy atom. The summed E-state index contributed by atoms with van der Waals surface area (Å²) in [6.07, 6.45) is -0.0469. The molecular formula is C22H28ClN3O5S. The van der Waals surface area contributed by atoms with Gasteiger partial charge in [-0.05, 0) is 29.7 Å². The quantitative estimate of drug-likeness (QED) is 0.427. The zero-order valence-electron chi connectivity index (χ0n) is 18.0. The standard InChI is InChI=1S/C22H28ClN3O5S/c1-3-16(2)20(26-22(28)31-15-17-8-5-4-6-9-17)21(27)24-12-13-25-32(29,30)19-11-7-10-18(23)14-19/h4-11,14,16,20,25H,3,12-13,15H2,1-2H3,(H,24,27)(H,26,28)/t16-,20-/m0/s1. The molecule has 174 valence electrons. The Morgan fingerprint density at radius 1 is 1.06 bits per heavy atom. The number of hydrogen-bond acceptors (Lipinski definition) is 5. The highest BCUT2D eigenvalue weighted by Crippen LogP contribution is 2.15. The predicted octanol–water partition coefficient (Wildman–Crippen LogP) is 3.08. The van der Waals surface area contributed by atoms with Crippen molar-refractivity contribution in [3.8, 4) is 0 Å². The first-order valence-electron chi connectivity index (χ1n) is 10.2. The van der Waals surface area contributed by atoms with Crippen molar-refractivity contribution in [3.05, 3.63) is 65.2 Å². The zero-order chi connectivity index (χ0) is 23.6. The van der Waals surface area contributed by atoms with Crippen molar-refractivity contribution < 1.29 is 22.7 Å². The van der Waals surface area contributed by atoms with Crippen molar-refractivity contribution in [2.75, 3.05) is 13.1 Å². The van der Waals surface area contributed by atoms with Gasteiger partial charge in [0, 0.05) is 18.1 Å². The van der Waals surface area contributed by atoms with E-state index in [1.165, 1.54) is 18.2 Å². The van der Waals surface area contributed by atoms with E-state index in [-0.39, 0.29) is 30.5 Å². The molecule has 0 heterocycles. The fraction of sp³-hybridized carbons (Fsp3) is 0.364. The first kappa shape index (κ1) is 25.6. The predicted molar refractivity (Wildman–Crippen MR) is 123 cm³/mol. The summed E-state index contributed by atoms with van der Waals surface area (Å²) in [4.78, 5) is 24.8. The van der Waals surface area contributed by atoms with Gasteiger partial charge in [-0.15, -0.1) is 0 Å². The molecule has 0 aromatic heterocycles. The average Bonchev–Trinajstić information content (AvgIpc) is 2.79. The molecule has 2 atom stereocenters. The van der Waals surface area contributed by atoms with Crippen LogP contribution in [0.15, 0.2) is 59.5 Å². The van der Waals surface area contributed by atoms with E-state index >= 15 is 0 Å². The second kappa shape index (κ2) is 12.4. The normalized spacial score (nSPS) is 13.1. The van der Waals surface area contributed by atoms with E-state index in [9.17, 15) is 18.0 Å². The third-order valence-corrected chi connectivity index (χ3v) is 6.50. The van der Waals surface area contributed by atoms with Crippen LogP contribution in [-0.4, -0.2) is 39.5 Å². The molecule has 0 bridgehead atoms. The number of nitrogens with one attached hydrogen (secondary N) is 3. The van der Waals surface area contributed by atoms with Crippen LogP contribution in [0.4, 0.5) is 4.79 Å². The largest absolute Gasteiger partial charge is 0.445 e.